The van der Waals surface area contributed by atoms with Crippen molar-refractivity contribution in [3.8, 4) is 0 Å². The van der Waals surface area contributed by atoms with Gasteiger partial charge in [-0.1, -0.05) is 29.8 Å². The van der Waals surface area contributed by atoms with E-state index >= 15 is 0 Å². The highest BCUT2D eigenvalue weighted by atomic mass is 16.3. The van der Waals surface area contributed by atoms with E-state index in [1.165, 1.54) is 11.1 Å². The minimum Gasteiger partial charge on any atom is -0.394 e. The van der Waals surface area contributed by atoms with Crippen molar-refractivity contribution < 1.29 is 9.90 Å². The molecule has 0 saturated heterocycles. The first-order valence-electron chi connectivity index (χ1n) is 9.37. The van der Waals surface area contributed by atoms with Gasteiger partial charge in [-0.2, -0.15) is 0 Å². The molecule has 3 N–H and O–H groups in total. The van der Waals surface area contributed by atoms with Gasteiger partial charge in [-0.05, 0) is 63.6 Å². The van der Waals surface area contributed by atoms with Crippen LogP contribution in [0.5, 0.6) is 0 Å². The van der Waals surface area contributed by atoms with Crippen molar-refractivity contribution in [2.75, 3.05) is 6.61 Å². The fourth-order valence-electron chi connectivity index (χ4n) is 3.25. The number of aromatic nitrogens is 1. The largest absolute Gasteiger partial charge is 0.394 e. The molecule has 26 heavy (non-hydrogen) atoms. The van der Waals surface area contributed by atoms with E-state index in [-0.39, 0.29) is 12.4 Å². The number of carbonyl (C=O) groups is 1. The molecule has 2 aromatic rings. The molecule has 0 fully saturated rings. The summed E-state index contributed by atoms with van der Waals surface area (Å²) in [5.74, 6) is 0.187. The Morgan fingerprint density at radius 1 is 1.19 bits per heavy atom. The Morgan fingerprint density at radius 3 is 2.46 bits per heavy atom. The topological polar surface area (TPSA) is 68.2 Å². The monoisotopic (exact) mass is 356 g/mol. The van der Waals surface area contributed by atoms with Gasteiger partial charge in [-0.25, -0.2) is 0 Å². The zero-order chi connectivity index (χ0) is 19.3. The minimum atomic E-state index is -0.588. The number of ketones is 1. The van der Waals surface area contributed by atoms with Gasteiger partial charge in [0.25, 0.3) is 0 Å². The quantitative estimate of drug-likeness (QED) is 0.676. The summed E-state index contributed by atoms with van der Waals surface area (Å²) in [6.45, 7) is 5.92. The third-order valence-electron chi connectivity index (χ3n) is 5.14. The molecule has 2 rings (SSSR count). The number of Topliss-reactive ketones (excluding diaryl/α,β-unsaturated/α-hetero) is 1. The number of aliphatic hydroxyl groups is 1. The fourth-order valence-corrected chi connectivity index (χ4v) is 3.25. The van der Waals surface area contributed by atoms with Gasteiger partial charge in [0.1, 0.15) is 0 Å². The van der Waals surface area contributed by atoms with E-state index < -0.39 is 5.54 Å². The predicted octanol–water partition coefficient (Wildman–Crippen LogP) is 3.49. The first kappa shape index (κ1) is 20.4. The molecule has 0 bridgehead atoms. The zero-order valence-electron chi connectivity index (χ0n) is 16.5. The Morgan fingerprint density at radius 2 is 1.85 bits per heavy atom. The summed E-state index contributed by atoms with van der Waals surface area (Å²) in [6, 6.07) is 10.5. The summed E-state index contributed by atoms with van der Waals surface area (Å²) in [5, 5.41) is 9.32. The molecule has 1 heterocycles. The second kappa shape index (κ2) is 8.65. The van der Waals surface area contributed by atoms with Gasteiger partial charge in [0.2, 0.25) is 0 Å². The van der Waals surface area contributed by atoms with Crippen molar-refractivity contribution in [1.82, 2.24) is 4.57 Å². The maximum Gasteiger partial charge on any atom is 0.179 e. The van der Waals surface area contributed by atoms with Gasteiger partial charge in [-0.3, -0.25) is 4.79 Å². The molecule has 1 unspecified atom stereocenters. The lowest BCUT2D eigenvalue weighted by Crippen LogP contribution is -2.40. The number of nitrogens with zero attached hydrogens (tertiary/aromatic N) is 1. The zero-order valence-corrected chi connectivity index (χ0v) is 16.5. The lowest BCUT2D eigenvalue weighted by atomic mass is 9.96. The molecular formula is C22H32N2O2. The molecule has 1 atom stereocenters. The molecule has 0 aliphatic heterocycles. The number of hydrogen-bond acceptors (Lipinski definition) is 3. The third-order valence-corrected chi connectivity index (χ3v) is 5.14. The molecule has 0 radical (unpaired) electrons. The summed E-state index contributed by atoms with van der Waals surface area (Å²) in [4.78, 5) is 12.6. The van der Waals surface area contributed by atoms with E-state index in [1.807, 2.05) is 31.5 Å². The van der Waals surface area contributed by atoms with Crippen molar-refractivity contribution in [2.45, 2.75) is 58.4 Å². The molecular weight excluding hydrogens is 324 g/mol. The van der Waals surface area contributed by atoms with Crippen LogP contribution in [0.15, 0.2) is 30.3 Å². The molecule has 0 amide bonds. The molecule has 0 spiro atoms. The van der Waals surface area contributed by atoms with Crippen molar-refractivity contribution in [1.29, 1.82) is 0 Å². The molecule has 1 aromatic heterocycles. The van der Waals surface area contributed by atoms with Crippen LogP contribution < -0.4 is 5.73 Å². The highest BCUT2D eigenvalue weighted by Crippen LogP contribution is 2.20. The van der Waals surface area contributed by atoms with E-state index in [0.29, 0.717) is 12.8 Å². The number of rotatable bonds is 9. The van der Waals surface area contributed by atoms with E-state index in [2.05, 4.69) is 31.2 Å². The maximum absolute atomic E-state index is 12.6. The molecule has 4 nitrogen and oxygen atoms in total. The summed E-state index contributed by atoms with van der Waals surface area (Å²) in [6.07, 6.45) is 3.77. The summed E-state index contributed by atoms with van der Waals surface area (Å²) >= 11 is 0. The average Bonchev–Trinajstić information content (AvgIpc) is 2.89. The number of hydrogen-bond donors (Lipinski definition) is 2. The van der Waals surface area contributed by atoms with Gasteiger partial charge in [-0.15, -0.1) is 0 Å². The van der Waals surface area contributed by atoms with Crippen LogP contribution >= 0.6 is 0 Å². The molecule has 142 valence electrons. The first-order chi connectivity index (χ1) is 12.2. The second-order valence-electron chi connectivity index (χ2n) is 7.79. The highest BCUT2D eigenvalue weighted by Gasteiger charge is 2.20. The van der Waals surface area contributed by atoms with E-state index in [9.17, 15) is 9.90 Å². The van der Waals surface area contributed by atoms with Crippen molar-refractivity contribution in [3.63, 3.8) is 0 Å². The Kier molecular flexibility index (Phi) is 6.79. The summed E-state index contributed by atoms with van der Waals surface area (Å²) < 4.78 is 2.00. The van der Waals surface area contributed by atoms with Gasteiger partial charge in [0.15, 0.2) is 5.78 Å². The normalized spacial score (nSPS) is 13.6. The molecule has 4 heteroatoms. The van der Waals surface area contributed by atoms with Crippen LogP contribution in [0.1, 0.15) is 59.1 Å². The number of carbonyl (C=O) groups excluding carboxylic acids is 1. The van der Waals surface area contributed by atoms with Crippen LogP contribution in [0.3, 0.4) is 0 Å². The van der Waals surface area contributed by atoms with Gasteiger partial charge >= 0.3 is 0 Å². The van der Waals surface area contributed by atoms with E-state index in [0.717, 1.165) is 36.2 Å². The lowest BCUT2D eigenvalue weighted by molar-refractivity contribution is 0.0972. The first-order valence-corrected chi connectivity index (χ1v) is 9.37. The van der Waals surface area contributed by atoms with Crippen LogP contribution in [-0.2, 0) is 19.9 Å². The van der Waals surface area contributed by atoms with Crippen LogP contribution in [0.25, 0.3) is 0 Å². The standard InChI is InChI=1S/C22H32N2O2/c1-16-8-10-18(11-9-16)6-5-7-21(26)20-14-17(2)19(24(20)4)12-13-22(3,23)15-25/h8-11,14,25H,5-7,12-13,15,23H2,1-4H3. The highest BCUT2D eigenvalue weighted by molar-refractivity contribution is 5.95. The van der Waals surface area contributed by atoms with Crippen LogP contribution in [0.4, 0.5) is 0 Å². The SMILES string of the molecule is Cc1ccc(CCCC(=O)c2cc(C)c(CCC(C)(N)CO)n2C)cc1. The van der Waals surface area contributed by atoms with Gasteiger partial charge in [0.05, 0.1) is 12.3 Å². The average molecular weight is 357 g/mol. The fraction of sp³-hybridized carbons (Fsp3) is 0.500. The smallest absolute Gasteiger partial charge is 0.179 e. The van der Waals surface area contributed by atoms with Gasteiger partial charge < -0.3 is 15.4 Å². The van der Waals surface area contributed by atoms with Crippen LogP contribution in [0, 0.1) is 13.8 Å². The van der Waals surface area contributed by atoms with Crippen LogP contribution in [-0.4, -0.2) is 27.6 Å². The molecule has 0 aliphatic carbocycles. The number of nitrogens with two attached hydrogens (primary N) is 1. The van der Waals surface area contributed by atoms with E-state index in [1.54, 1.807) is 0 Å². The van der Waals surface area contributed by atoms with E-state index in [4.69, 9.17) is 5.73 Å². The number of benzene rings is 1. The van der Waals surface area contributed by atoms with Gasteiger partial charge in [0, 0.05) is 24.7 Å². The predicted molar refractivity (Wildman–Crippen MR) is 107 cm³/mol. The Bertz CT molecular complexity index is 742. The van der Waals surface area contributed by atoms with Crippen molar-refractivity contribution in [3.05, 3.63) is 58.4 Å². The molecule has 0 saturated carbocycles. The Labute approximate surface area is 157 Å². The summed E-state index contributed by atoms with van der Waals surface area (Å²) in [5.41, 5.74) is 11.0. The molecule has 1 aromatic carbocycles. The maximum atomic E-state index is 12.6. The van der Waals surface area contributed by atoms with Crippen molar-refractivity contribution >= 4 is 5.78 Å². The summed E-state index contributed by atoms with van der Waals surface area (Å²) in [7, 11) is 1.95. The minimum absolute atomic E-state index is 0.0404. The third kappa shape index (κ3) is 5.29. The number of aliphatic hydroxyl groups excluding tert-OH is 1. The van der Waals surface area contributed by atoms with Crippen LogP contribution in [0.2, 0.25) is 0 Å². The Hall–Kier alpha value is -1.91. The lowest BCUT2D eigenvalue weighted by Gasteiger charge is -2.22. The number of aryl methyl sites for hydroxylation is 3. The molecule has 0 aliphatic rings. The second-order valence-corrected chi connectivity index (χ2v) is 7.79. The van der Waals surface area contributed by atoms with Crippen molar-refractivity contribution in [2.24, 2.45) is 12.8 Å². The Balaban J connectivity index is 1.96.